The molecule has 1 aromatic carbocycles. The zero-order valence-corrected chi connectivity index (χ0v) is 16.7. The summed E-state index contributed by atoms with van der Waals surface area (Å²) < 4.78 is 0. The fraction of sp³-hybridized carbons (Fsp3) is 0.364. The van der Waals surface area contributed by atoms with Crippen LogP contribution in [0.4, 0.5) is 4.79 Å². The summed E-state index contributed by atoms with van der Waals surface area (Å²) in [7, 11) is 0. The maximum Gasteiger partial charge on any atom is 0.329 e. The van der Waals surface area contributed by atoms with Crippen LogP contribution in [0.1, 0.15) is 41.0 Å². The van der Waals surface area contributed by atoms with Crippen LogP contribution in [0.3, 0.4) is 0 Å². The van der Waals surface area contributed by atoms with Crippen LogP contribution in [-0.2, 0) is 17.9 Å². The molecule has 1 aromatic heterocycles. The van der Waals surface area contributed by atoms with Crippen molar-refractivity contribution in [3.8, 4) is 0 Å². The molecule has 5 nitrogen and oxygen atoms in total. The van der Waals surface area contributed by atoms with Crippen LogP contribution >= 0.6 is 11.3 Å². The highest BCUT2D eigenvalue weighted by Gasteiger charge is 2.33. The highest BCUT2D eigenvalue weighted by molar-refractivity contribution is 7.12. The van der Waals surface area contributed by atoms with E-state index in [-0.39, 0.29) is 18.5 Å². The Labute approximate surface area is 169 Å². The third kappa shape index (κ3) is 4.51. The van der Waals surface area contributed by atoms with E-state index in [9.17, 15) is 9.59 Å². The number of hydrogen-bond acceptors (Lipinski definition) is 4. The lowest BCUT2D eigenvalue weighted by molar-refractivity contribution is -0.123. The van der Waals surface area contributed by atoms with E-state index in [4.69, 9.17) is 0 Å². The monoisotopic (exact) mass is 395 g/mol. The Hall–Kier alpha value is -2.44. The first-order valence-electron chi connectivity index (χ1n) is 9.88. The summed E-state index contributed by atoms with van der Waals surface area (Å²) in [6.45, 7) is 3.58. The van der Waals surface area contributed by atoms with E-state index < -0.39 is 0 Å². The summed E-state index contributed by atoms with van der Waals surface area (Å²) in [4.78, 5) is 31.0. The van der Waals surface area contributed by atoms with Gasteiger partial charge in [-0.2, -0.15) is 0 Å². The molecule has 1 N–H and O–H groups in total. The van der Waals surface area contributed by atoms with E-state index in [1.807, 2.05) is 36.4 Å². The molecule has 0 spiro atoms. The fourth-order valence-electron chi connectivity index (χ4n) is 3.70. The van der Waals surface area contributed by atoms with Crippen LogP contribution in [0.2, 0.25) is 0 Å². The summed E-state index contributed by atoms with van der Waals surface area (Å²) >= 11 is 1.69. The number of urea groups is 1. The number of imide groups is 1. The molecule has 4 rings (SSSR count). The number of carbonyl (C=O) groups is 2. The van der Waals surface area contributed by atoms with Crippen LogP contribution in [0, 0.1) is 0 Å². The lowest BCUT2D eigenvalue weighted by Crippen LogP contribution is -2.30. The van der Waals surface area contributed by atoms with E-state index in [0.29, 0.717) is 5.70 Å². The van der Waals surface area contributed by atoms with Crippen LogP contribution in [0.5, 0.6) is 0 Å². The van der Waals surface area contributed by atoms with E-state index >= 15 is 0 Å². The van der Waals surface area contributed by atoms with Crippen LogP contribution in [0.15, 0.2) is 48.2 Å². The molecule has 3 amide bonds. The number of rotatable bonds is 5. The molecule has 2 saturated heterocycles. The summed E-state index contributed by atoms with van der Waals surface area (Å²) in [6, 6.07) is 13.4. The van der Waals surface area contributed by atoms with Crippen molar-refractivity contribution >= 4 is 29.4 Å². The Kier molecular flexibility index (Phi) is 5.88. The first-order valence-corrected chi connectivity index (χ1v) is 10.7. The second-order valence-electron chi connectivity index (χ2n) is 7.36. The molecule has 0 atom stereocenters. The average molecular weight is 396 g/mol. The summed E-state index contributed by atoms with van der Waals surface area (Å²) in [5, 5.41) is 2.72. The second kappa shape index (κ2) is 8.71. The van der Waals surface area contributed by atoms with Crippen LogP contribution in [-0.4, -0.2) is 34.8 Å². The molecular formula is C22H25N3O2S. The van der Waals surface area contributed by atoms with Gasteiger partial charge in [-0.05, 0) is 49.7 Å². The van der Waals surface area contributed by atoms with Gasteiger partial charge >= 0.3 is 6.03 Å². The van der Waals surface area contributed by atoms with Gasteiger partial charge in [0.2, 0.25) is 0 Å². The van der Waals surface area contributed by atoms with Crippen LogP contribution in [0.25, 0.3) is 6.08 Å². The molecule has 0 radical (unpaired) electrons. The van der Waals surface area contributed by atoms with Crippen molar-refractivity contribution in [1.29, 1.82) is 0 Å². The molecule has 6 heteroatoms. The lowest BCUT2D eigenvalue weighted by atomic mass is 10.2. The van der Waals surface area contributed by atoms with Gasteiger partial charge < -0.3 is 5.32 Å². The summed E-state index contributed by atoms with van der Waals surface area (Å²) in [5.41, 5.74) is 1.28. The van der Waals surface area contributed by atoms with Gasteiger partial charge in [-0.25, -0.2) is 4.79 Å². The predicted molar refractivity (Wildman–Crippen MR) is 112 cm³/mol. The second-order valence-corrected chi connectivity index (χ2v) is 8.56. The van der Waals surface area contributed by atoms with E-state index in [1.165, 1.54) is 35.5 Å². The zero-order valence-electron chi connectivity index (χ0n) is 15.9. The van der Waals surface area contributed by atoms with Crippen molar-refractivity contribution in [2.45, 2.75) is 38.8 Å². The average Bonchev–Trinajstić information content (AvgIpc) is 3.12. The van der Waals surface area contributed by atoms with Gasteiger partial charge in [0.05, 0.1) is 6.54 Å². The molecule has 3 heterocycles. The minimum atomic E-state index is -0.360. The SMILES string of the molecule is O=C1NC(=Cc2ccc(CN3CCCCCC3)s2)C(=O)N1Cc1ccccc1. The minimum absolute atomic E-state index is 0.267. The number of likely N-dealkylation sites (tertiary alicyclic amines) is 1. The number of thiophene rings is 1. The predicted octanol–water partition coefficient (Wildman–Crippen LogP) is 4.22. The number of hydrogen-bond donors (Lipinski definition) is 1. The van der Waals surface area contributed by atoms with Gasteiger partial charge in [0, 0.05) is 16.3 Å². The van der Waals surface area contributed by atoms with Crippen molar-refractivity contribution in [3.63, 3.8) is 0 Å². The van der Waals surface area contributed by atoms with Crippen molar-refractivity contribution < 1.29 is 9.59 Å². The molecule has 0 unspecified atom stereocenters. The number of nitrogens with one attached hydrogen (secondary N) is 1. The van der Waals surface area contributed by atoms with Gasteiger partial charge in [0.15, 0.2) is 0 Å². The van der Waals surface area contributed by atoms with Crippen molar-refractivity contribution in [3.05, 3.63) is 63.5 Å². The maximum absolute atomic E-state index is 12.7. The molecule has 0 saturated carbocycles. The quantitative estimate of drug-likeness (QED) is 0.609. The highest BCUT2D eigenvalue weighted by atomic mass is 32.1. The van der Waals surface area contributed by atoms with Crippen LogP contribution < -0.4 is 5.32 Å². The van der Waals surface area contributed by atoms with Gasteiger partial charge in [0.1, 0.15) is 5.70 Å². The minimum Gasteiger partial charge on any atom is -0.303 e. The molecule has 146 valence electrons. The number of amides is 3. The van der Waals surface area contributed by atoms with Gasteiger partial charge in [-0.15, -0.1) is 11.3 Å². The molecule has 2 aliphatic heterocycles. The molecule has 2 fully saturated rings. The fourth-order valence-corrected chi connectivity index (χ4v) is 4.69. The Morgan fingerprint density at radius 2 is 1.68 bits per heavy atom. The van der Waals surface area contributed by atoms with Crippen molar-refractivity contribution in [1.82, 2.24) is 15.1 Å². The lowest BCUT2D eigenvalue weighted by Gasteiger charge is -2.18. The number of benzene rings is 1. The first-order chi connectivity index (χ1) is 13.7. The molecule has 2 aliphatic rings. The van der Waals surface area contributed by atoms with E-state index in [2.05, 4.69) is 16.3 Å². The molecular weight excluding hydrogens is 370 g/mol. The number of carbonyl (C=O) groups excluding carboxylic acids is 2. The summed E-state index contributed by atoms with van der Waals surface area (Å²) in [5.74, 6) is -0.267. The van der Waals surface area contributed by atoms with E-state index in [1.54, 1.807) is 17.4 Å². The Balaban J connectivity index is 1.42. The largest absolute Gasteiger partial charge is 0.329 e. The molecule has 28 heavy (non-hydrogen) atoms. The normalized spacial score (nSPS) is 19.9. The van der Waals surface area contributed by atoms with E-state index in [0.717, 1.165) is 30.1 Å². The molecule has 2 aromatic rings. The molecule has 0 bridgehead atoms. The third-order valence-corrected chi connectivity index (χ3v) is 6.21. The molecule has 0 aliphatic carbocycles. The van der Waals surface area contributed by atoms with Crippen molar-refractivity contribution in [2.24, 2.45) is 0 Å². The maximum atomic E-state index is 12.7. The van der Waals surface area contributed by atoms with Gasteiger partial charge in [-0.1, -0.05) is 43.2 Å². The van der Waals surface area contributed by atoms with Gasteiger partial charge in [0.25, 0.3) is 5.91 Å². The van der Waals surface area contributed by atoms with Gasteiger partial charge in [-0.3, -0.25) is 14.6 Å². The topological polar surface area (TPSA) is 52.7 Å². The first kappa shape index (κ1) is 18.9. The Morgan fingerprint density at radius 1 is 0.929 bits per heavy atom. The van der Waals surface area contributed by atoms with Crippen molar-refractivity contribution in [2.75, 3.05) is 13.1 Å². The number of nitrogens with zero attached hydrogens (tertiary/aromatic N) is 2. The smallest absolute Gasteiger partial charge is 0.303 e. The Morgan fingerprint density at radius 3 is 2.43 bits per heavy atom. The zero-order chi connectivity index (χ0) is 19.3. The highest BCUT2D eigenvalue weighted by Crippen LogP contribution is 2.24. The standard InChI is InChI=1S/C22H25N3O2S/c26-21-20(23-22(27)25(21)15-17-8-4-3-5-9-17)14-18-10-11-19(28-18)16-24-12-6-1-2-7-13-24/h3-5,8-11,14H,1-2,6-7,12-13,15-16H2,(H,23,27). The Bertz CT molecular complexity index is 867. The third-order valence-electron chi connectivity index (χ3n) is 5.19. The summed E-state index contributed by atoms with van der Waals surface area (Å²) in [6.07, 6.45) is 7.01.